The summed E-state index contributed by atoms with van der Waals surface area (Å²) in [5.41, 5.74) is 1.49. The Morgan fingerprint density at radius 1 is 1.08 bits per heavy atom. The van der Waals surface area contributed by atoms with Crippen LogP contribution in [0.15, 0.2) is 53.1 Å². The van der Waals surface area contributed by atoms with Crippen LogP contribution in [0.1, 0.15) is 10.5 Å². The minimum absolute atomic E-state index is 0.165. The Hall–Kier alpha value is -2.99. The second-order valence-corrected chi connectivity index (χ2v) is 5.52. The molecule has 1 aromatic heterocycles. The molecule has 1 N–H and O–H groups in total. The molecule has 0 bridgehead atoms. The maximum Gasteiger partial charge on any atom is 0.277 e. The fourth-order valence-electron chi connectivity index (χ4n) is 2.21. The summed E-state index contributed by atoms with van der Waals surface area (Å²) in [7, 11) is 3.12. The molecule has 25 heavy (non-hydrogen) atoms. The van der Waals surface area contributed by atoms with E-state index in [4.69, 9.17) is 25.6 Å². The van der Waals surface area contributed by atoms with Crippen molar-refractivity contribution in [3.05, 3.63) is 59.2 Å². The average Bonchev–Trinajstić information content (AvgIpc) is 3.12. The number of carbonyl (C=O) groups excluding carboxylic acids is 1. The standard InChI is InChI=1S/C18H15ClN2O4/c1-23-13-6-3-11(4-7-13)17-10-15(21-25-17)18(22)20-12-5-8-16(24-2)14(19)9-12/h3-10H,1-2H3,(H,20,22). The van der Waals surface area contributed by atoms with Gasteiger partial charge >= 0.3 is 0 Å². The van der Waals surface area contributed by atoms with Crippen molar-refractivity contribution in [1.29, 1.82) is 0 Å². The molecule has 128 valence electrons. The first-order valence-electron chi connectivity index (χ1n) is 7.36. The smallest absolute Gasteiger partial charge is 0.277 e. The van der Waals surface area contributed by atoms with E-state index in [9.17, 15) is 4.79 Å². The molecule has 0 aliphatic heterocycles. The van der Waals surface area contributed by atoms with Gasteiger partial charge in [0.15, 0.2) is 11.5 Å². The van der Waals surface area contributed by atoms with E-state index in [0.717, 1.165) is 11.3 Å². The second kappa shape index (κ2) is 7.27. The molecular formula is C18H15ClN2O4. The van der Waals surface area contributed by atoms with E-state index in [0.29, 0.717) is 22.2 Å². The van der Waals surface area contributed by atoms with Crippen LogP contribution in [0.25, 0.3) is 11.3 Å². The molecule has 1 heterocycles. The number of benzene rings is 2. The highest BCUT2D eigenvalue weighted by molar-refractivity contribution is 6.32. The highest BCUT2D eigenvalue weighted by Crippen LogP contribution is 2.28. The number of amides is 1. The molecule has 0 unspecified atom stereocenters. The molecule has 0 atom stereocenters. The Bertz CT molecular complexity index is 890. The van der Waals surface area contributed by atoms with Gasteiger partial charge in [-0.2, -0.15) is 0 Å². The Morgan fingerprint density at radius 3 is 2.48 bits per heavy atom. The van der Waals surface area contributed by atoms with Crippen molar-refractivity contribution in [3.8, 4) is 22.8 Å². The van der Waals surface area contributed by atoms with Gasteiger partial charge in [0.1, 0.15) is 11.5 Å². The fourth-order valence-corrected chi connectivity index (χ4v) is 2.47. The SMILES string of the molecule is COc1ccc(-c2cc(C(=O)Nc3ccc(OC)c(Cl)c3)no2)cc1. The molecular weight excluding hydrogens is 344 g/mol. The maximum absolute atomic E-state index is 12.3. The zero-order valence-corrected chi connectivity index (χ0v) is 14.3. The van der Waals surface area contributed by atoms with Crippen molar-refractivity contribution < 1.29 is 18.8 Å². The third-order valence-electron chi connectivity index (χ3n) is 3.53. The molecule has 7 heteroatoms. The van der Waals surface area contributed by atoms with Crippen LogP contribution in [0.3, 0.4) is 0 Å². The molecule has 0 saturated heterocycles. The molecule has 6 nitrogen and oxygen atoms in total. The minimum atomic E-state index is -0.398. The molecule has 0 fully saturated rings. The van der Waals surface area contributed by atoms with E-state index >= 15 is 0 Å². The molecule has 0 saturated carbocycles. The van der Waals surface area contributed by atoms with Gasteiger partial charge < -0.3 is 19.3 Å². The van der Waals surface area contributed by atoms with Gasteiger partial charge in [-0.1, -0.05) is 16.8 Å². The van der Waals surface area contributed by atoms with E-state index < -0.39 is 5.91 Å². The summed E-state index contributed by atoms with van der Waals surface area (Å²) in [6.07, 6.45) is 0. The van der Waals surface area contributed by atoms with Crippen molar-refractivity contribution >= 4 is 23.2 Å². The number of anilines is 1. The first kappa shape index (κ1) is 16.9. The van der Waals surface area contributed by atoms with Crippen LogP contribution >= 0.6 is 11.6 Å². The fraction of sp³-hybridized carbons (Fsp3) is 0.111. The Balaban J connectivity index is 1.75. The van der Waals surface area contributed by atoms with Gasteiger partial charge in [-0.15, -0.1) is 0 Å². The van der Waals surface area contributed by atoms with Crippen LogP contribution in [-0.2, 0) is 0 Å². The molecule has 2 aromatic carbocycles. The van der Waals surface area contributed by atoms with Crippen molar-refractivity contribution in [3.63, 3.8) is 0 Å². The number of ether oxygens (including phenoxy) is 2. The first-order chi connectivity index (χ1) is 12.1. The molecule has 0 spiro atoms. The lowest BCUT2D eigenvalue weighted by Crippen LogP contribution is -2.12. The van der Waals surface area contributed by atoms with Crippen LogP contribution in [0, 0.1) is 0 Å². The molecule has 0 aliphatic rings. The lowest BCUT2D eigenvalue weighted by atomic mass is 10.1. The molecule has 0 radical (unpaired) electrons. The first-order valence-corrected chi connectivity index (χ1v) is 7.74. The molecule has 0 aliphatic carbocycles. The third-order valence-corrected chi connectivity index (χ3v) is 3.82. The Labute approximate surface area is 149 Å². The van der Waals surface area contributed by atoms with E-state index in [2.05, 4.69) is 10.5 Å². The molecule has 3 aromatic rings. The quantitative estimate of drug-likeness (QED) is 0.737. The number of halogens is 1. The van der Waals surface area contributed by atoms with Gasteiger partial charge in [0.2, 0.25) is 0 Å². The van der Waals surface area contributed by atoms with E-state index in [1.165, 1.54) is 7.11 Å². The van der Waals surface area contributed by atoms with E-state index in [1.54, 1.807) is 43.5 Å². The number of nitrogens with zero attached hydrogens (tertiary/aromatic N) is 1. The predicted octanol–water partition coefficient (Wildman–Crippen LogP) is 4.26. The van der Waals surface area contributed by atoms with Crippen molar-refractivity contribution in [1.82, 2.24) is 5.16 Å². The normalized spacial score (nSPS) is 10.4. The van der Waals surface area contributed by atoms with Crippen LogP contribution in [0.4, 0.5) is 5.69 Å². The predicted molar refractivity (Wildman–Crippen MR) is 94.4 cm³/mol. The number of carbonyl (C=O) groups is 1. The van der Waals surface area contributed by atoms with Gasteiger partial charge in [-0.3, -0.25) is 4.79 Å². The van der Waals surface area contributed by atoms with Crippen LogP contribution in [0.5, 0.6) is 11.5 Å². The third kappa shape index (κ3) is 3.75. The van der Waals surface area contributed by atoms with Gasteiger partial charge in [-0.25, -0.2) is 0 Å². The zero-order chi connectivity index (χ0) is 17.8. The Morgan fingerprint density at radius 2 is 1.84 bits per heavy atom. The van der Waals surface area contributed by atoms with Gasteiger partial charge in [0, 0.05) is 17.3 Å². The lowest BCUT2D eigenvalue weighted by Gasteiger charge is -2.06. The summed E-state index contributed by atoms with van der Waals surface area (Å²) in [6.45, 7) is 0. The highest BCUT2D eigenvalue weighted by atomic mass is 35.5. The molecule has 3 rings (SSSR count). The summed E-state index contributed by atoms with van der Waals surface area (Å²) in [5.74, 6) is 1.35. The monoisotopic (exact) mass is 358 g/mol. The number of hydrogen-bond donors (Lipinski definition) is 1. The number of rotatable bonds is 5. The summed E-state index contributed by atoms with van der Waals surface area (Å²) in [4.78, 5) is 12.3. The van der Waals surface area contributed by atoms with E-state index in [1.807, 2.05) is 12.1 Å². The number of methoxy groups -OCH3 is 2. The number of aromatic nitrogens is 1. The lowest BCUT2D eigenvalue weighted by molar-refractivity contribution is 0.101. The summed E-state index contributed by atoms with van der Waals surface area (Å²) in [5, 5.41) is 6.93. The highest BCUT2D eigenvalue weighted by Gasteiger charge is 2.14. The topological polar surface area (TPSA) is 73.6 Å². The zero-order valence-electron chi connectivity index (χ0n) is 13.6. The van der Waals surface area contributed by atoms with Gasteiger partial charge in [0.05, 0.1) is 19.2 Å². The summed E-state index contributed by atoms with van der Waals surface area (Å²) >= 11 is 6.05. The van der Waals surface area contributed by atoms with Crippen LogP contribution in [-0.4, -0.2) is 25.3 Å². The van der Waals surface area contributed by atoms with Gasteiger partial charge in [-0.05, 0) is 42.5 Å². The number of nitrogens with one attached hydrogen (secondary N) is 1. The van der Waals surface area contributed by atoms with Crippen LogP contribution < -0.4 is 14.8 Å². The summed E-state index contributed by atoms with van der Waals surface area (Å²) < 4.78 is 15.4. The number of hydrogen-bond acceptors (Lipinski definition) is 5. The second-order valence-electron chi connectivity index (χ2n) is 5.11. The van der Waals surface area contributed by atoms with Gasteiger partial charge in [0.25, 0.3) is 5.91 Å². The minimum Gasteiger partial charge on any atom is -0.497 e. The van der Waals surface area contributed by atoms with Crippen LogP contribution in [0.2, 0.25) is 5.02 Å². The maximum atomic E-state index is 12.3. The Kier molecular flexibility index (Phi) is 4.90. The average molecular weight is 359 g/mol. The van der Waals surface area contributed by atoms with Crippen molar-refractivity contribution in [2.45, 2.75) is 0 Å². The summed E-state index contributed by atoms with van der Waals surface area (Å²) in [6, 6.07) is 13.8. The van der Waals surface area contributed by atoms with Crippen molar-refractivity contribution in [2.24, 2.45) is 0 Å². The largest absolute Gasteiger partial charge is 0.497 e. The van der Waals surface area contributed by atoms with E-state index in [-0.39, 0.29) is 5.69 Å². The molecule has 1 amide bonds. The van der Waals surface area contributed by atoms with Crippen molar-refractivity contribution in [2.75, 3.05) is 19.5 Å².